The molecule has 3 N–H and O–H groups in total. The number of nitrogens with one attached hydrogen (secondary N) is 2. The Morgan fingerprint density at radius 2 is 1.71 bits per heavy atom. The Morgan fingerprint density at radius 3 is 2.36 bits per heavy atom. The van der Waals surface area contributed by atoms with Crippen LogP contribution >= 0.6 is 0 Å². The van der Waals surface area contributed by atoms with Gasteiger partial charge >= 0.3 is 0 Å². The molecular weight excluding hydrogens is 542 g/mol. The Labute approximate surface area is 246 Å². The Kier molecular flexibility index (Phi) is 11.0. The van der Waals surface area contributed by atoms with Crippen molar-refractivity contribution in [1.29, 1.82) is 0 Å². The highest BCUT2D eigenvalue weighted by atomic mass is 19.1. The first-order valence-electron chi connectivity index (χ1n) is 15.0. The number of aliphatic hydroxyl groups excluding tert-OH is 1. The summed E-state index contributed by atoms with van der Waals surface area (Å²) in [5.74, 6) is -3.01. The molecule has 2 fully saturated rings. The predicted molar refractivity (Wildman–Crippen MR) is 155 cm³/mol. The van der Waals surface area contributed by atoms with E-state index in [0.717, 1.165) is 49.4 Å². The third-order valence-corrected chi connectivity index (χ3v) is 8.21. The van der Waals surface area contributed by atoms with E-state index in [2.05, 4.69) is 24.5 Å². The molecule has 0 spiro atoms. The summed E-state index contributed by atoms with van der Waals surface area (Å²) >= 11 is 0. The second kappa shape index (κ2) is 14.7. The molecule has 2 aliphatic heterocycles. The van der Waals surface area contributed by atoms with E-state index < -0.39 is 41.6 Å². The Hall–Kier alpha value is -3.37. The summed E-state index contributed by atoms with van der Waals surface area (Å²) in [5.41, 5.74) is 1.18. The fourth-order valence-corrected chi connectivity index (χ4v) is 6.13. The molecule has 0 radical (unpaired) electrons. The Balaban J connectivity index is 1.52. The monoisotopic (exact) mass is 584 g/mol. The van der Waals surface area contributed by atoms with Gasteiger partial charge in [0.25, 0.3) is 0 Å². The number of amides is 3. The van der Waals surface area contributed by atoms with E-state index in [9.17, 15) is 28.3 Å². The summed E-state index contributed by atoms with van der Waals surface area (Å²) in [7, 11) is 0. The lowest BCUT2D eigenvalue weighted by Crippen LogP contribution is -2.64. The SMILES string of the molecule is CCCC(CCC)N1CC(C(=O)N[C@@H](Cc2cc(F)cc(F)c2)[C@H](O)[C@@H]2NCCN(Cc3ccccc3)C2=O)CC1=O. The summed E-state index contributed by atoms with van der Waals surface area (Å²) < 4.78 is 28.1. The number of aliphatic hydroxyl groups is 1. The van der Waals surface area contributed by atoms with Crippen LogP contribution < -0.4 is 10.6 Å². The molecule has 2 aliphatic rings. The number of carbonyl (C=O) groups is 3. The van der Waals surface area contributed by atoms with Crippen LogP contribution in [0.1, 0.15) is 57.1 Å². The second-order valence-corrected chi connectivity index (χ2v) is 11.4. The standard InChI is InChI=1S/C32H42F2N4O4/c1-3-8-26(9-4-2)38-20-23(17-28(38)39)31(41)36-27(16-22-14-24(33)18-25(34)15-22)30(40)29-32(42)37(13-12-35-29)19-21-10-6-5-7-11-21/h5-7,10-11,14-15,18,23,26-27,29-30,35,40H,3-4,8-9,12-13,16-17,19-20H2,1-2H3,(H,36,41)/t23?,27-,29-,30-/m0/s1. The molecule has 10 heteroatoms. The van der Waals surface area contributed by atoms with Gasteiger partial charge in [-0.25, -0.2) is 8.78 Å². The molecule has 3 amide bonds. The largest absolute Gasteiger partial charge is 0.389 e. The van der Waals surface area contributed by atoms with Gasteiger partial charge in [-0.05, 0) is 42.5 Å². The van der Waals surface area contributed by atoms with Gasteiger partial charge in [-0.3, -0.25) is 14.4 Å². The molecule has 42 heavy (non-hydrogen) atoms. The van der Waals surface area contributed by atoms with Gasteiger partial charge in [-0.2, -0.15) is 0 Å². The smallest absolute Gasteiger partial charge is 0.242 e. The number of likely N-dealkylation sites (tertiary alicyclic amines) is 1. The Bertz CT molecular complexity index is 1200. The van der Waals surface area contributed by atoms with Crippen molar-refractivity contribution < 1.29 is 28.3 Å². The van der Waals surface area contributed by atoms with Crippen LogP contribution in [0.15, 0.2) is 48.5 Å². The Morgan fingerprint density at radius 1 is 1.05 bits per heavy atom. The van der Waals surface area contributed by atoms with Crippen LogP contribution in [0.2, 0.25) is 0 Å². The lowest BCUT2D eigenvalue weighted by atomic mass is 9.93. The number of nitrogens with zero attached hydrogens (tertiary/aromatic N) is 2. The van der Waals surface area contributed by atoms with Crippen molar-refractivity contribution in [2.24, 2.45) is 5.92 Å². The zero-order chi connectivity index (χ0) is 30.2. The molecule has 0 aromatic heterocycles. The van der Waals surface area contributed by atoms with Crippen molar-refractivity contribution in [2.75, 3.05) is 19.6 Å². The molecule has 0 saturated carbocycles. The highest BCUT2D eigenvalue weighted by Gasteiger charge is 2.41. The number of carbonyl (C=O) groups excluding carboxylic acids is 3. The van der Waals surface area contributed by atoms with Gasteiger partial charge in [0.05, 0.1) is 18.1 Å². The van der Waals surface area contributed by atoms with Crippen LogP contribution in [0.25, 0.3) is 0 Å². The van der Waals surface area contributed by atoms with E-state index in [1.165, 1.54) is 0 Å². The van der Waals surface area contributed by atoms with E-state index in [1.54, 1.807) is 9.80 Å². The second-order valence-electron chi connectivity index (χ2n) is 11.4. The van der Waals surface area contributed by atoms with Gasteiger partial charge < -0.3 is 25.5 Å². The average molecular weight is 585 g/mol. The molecule has 2 saturated heterocycles. The number of piperazine rings is 1. The van der Waals surface area contributed by atoms with Crippen LogP contribution in [0.3, 0.4) is 0 Å². The quantitative estimate of drug-likeness (QED) is 0.336. The average Bonchev–Trinajstić information content (AvgIpc) is 3.35. The van der Waals surface area contributed by atoms with Crippen molar-refractivity contribution in [3.8, 4) is 0 Å². The third kappa shape index (κ3) is 7.92. The summed E-state index contributed by atoms with van der Waals surface area (Å²) in [6.07, 6.45) is 2.11. The highest BCUT2D eigenvalue weighted by Crippen LogP contribution is 2.26. The third-order valence-electron chi connectivity index (χ3n) is 8.21. The fourth-order valence-electron chi connectivity index (χ4n) is 6.13. The maximum absolute atomic E-state index is 14.0. The number of rotatable bonds is 13. The molecular formula is C32H42F2N4O4. The first-order chi connectivity index (χ1) is 20.2. The molecule has 2 aromatic rings. The lowest BCUT2D eigenvalue weighted by molar-refractivity contribution is -0.141. The molecule has 0 aliphatic carbocycles. The molecule has 1 unspecified atom stereocenters. The van der Waals surface area contributed by atoms with Crippen LogP contribution in [-0.4, -0.2) is 76.5 Å². The number of halogens is 2. The molecule has 0 bridgehead atoms. The maximum Gasteiger partial charge on any atom is 0.242 e. The first kappa shape index (κ1) is 31.6. The molecule has 8 nitrogen and oxygen atoms in total. The zero-order valence-electron chi connectivity index (χ0n) is 24.4. The predicted octanol–water partition coefficient (Wildman–Crippen LogP) is 3.17. The van der Waals surface area contributed by atoms with Crippen LogP contribution in [0.5, 0.6) is 0 Å². The van der Waals surface area contributed by atoms with Gasteiger partial charge in [-0.15, -0.1) is 0 Å². The van der Waals surface area contributed by atoms with Crippen molar-refractivity contribution in [3.63, 3.8) is 0 Å². The topological polar surface area (TPSA) is 102 Å². The van der Waals surface area contributed by atoms with Crippen molar-refractivity contribution >= 4 is 17.7 Å². The summed E-state index contributed by atoms with van der Waals surface area (Å²) in [4.78, 5) is 43.3. The minimum Gasteiger partial charge on any atom is -0.389 e. The van der Waals surface area contributed by atoms with Gasteiger partial charge in [0, 0.05) is 44.7 Å². The normalized spacial score (nSPS) is 20.7. The summed E-state index contributed by atoms with van der Waals surface area (Å²) in [6, 6.07) is 10.5. The molecule has 2 aromatic carbocycles. The minimum atomic E-state index is -1.40. The van der Waals surface area contributed by atoms with Crippen molar-refractivity contribution in [3.05, 3.63) is 71.3 Å². The molecule has 4 atom stereocenters. The van der Waals surface area contributed by atoms with E-state index >= 15 is 0 Å². The van der Waals surface area contributed by atoms with Crippen LogP contribution in [0.4, 0.5) is 8.78 Å². The first-order valence-corrected chi connectivity index (χ1v) is 15.0. The van der Waals surface area contributed by atoms with Crippen LogP contribution in [0, 0.1) is 17.6 Å². The highest BCUT2D eigenvalue weighted by molar-refractivity contribution is 5.90. The molecule has 4 rings (SSSR count). The lowest BCUT2D eigenvalue weighted by Gasteiger charge is -2.38. The number of hydrogen-bond acceptors (Lipinski definition) is 5. The summed E-state index contributed by atoms with van der Waals surface area (Å²) in [5, 5.41) is 17.4. The minimum absolute atomic E-state index is 0.0542. The zero-order valence-corrected chi connectivity index (χ0v) is 24.4. The van der Waals surface area contributed by atoms with Crippen molar-refractivity contribution in [1.82, 2.24) is 20.4 Å². The fraction of sp³-hybridized carbons (Fsp3) is 0.531. The van der Waals surface area contributed by atoms with Gasteiger partial charge in [0.2, 0.25) is 17.7 Å². The van der Waals surface area contributed by atoms with E-state index in [1.807, 2.05) is 30.3 Å². The number of hydrogen-bond donors (Lipinski definition) is 3. The van der Waals surface area contributed by atoms with Gasteiger partial charge in [-0.1, -0.05) is 57.0 Å². The molecule has 228 valence electrons. The molecule has 2 heterocycles. The maximum atomic E-state index is 14.0. The van der Waals surface area contributed by atoms with Crippen molar-refractivity contribution in [2.45, 2.75) is 83.1 Å². The van der Waals surface area contributed by atoms with Crippen LogP contribution in [-0.2, 0) is 27.3 Å². The van der Waals surface area contributed by atoms with Gasteiger partial charge in [0.15, 0.2) is 0 Å². The number of benzene rings is 2. The van der Waals surface area contributed by atoms with E-state index in [0.29, 0.717) is 19.6 Å². The van der Waals surface area contributed by atoms with E-state index in [-0.39, 0.29) is 42.8 Å². The van der Waals surface area contributed by atoms with E-state index in [4.69, 9.17) is 0 Å². The summed E-state index contributed by atoms with van der Waals surface area (Å²) in [6.45, 7) is 5.65. The van der Waals surface area contributed by atoms with Gasteiger partial charge in [0.1, 0.15) is 17.7 Å².